The predicted molar refractivity (Wildman–Crippen MR) is 57.3 cm³/mol. The van der Waals surface area contributed by atoms with Gasteiger partial charge in [-0.25, -0.2) is 0 Å². The van der Waals surface area contributed by atoms with Crippen molar-refractivity contribution >= 4 is 0 Å². The fourth-order valence-electron chi connectivity index (χ4n) is 2.04. The van der Waals surface area contributed by atoms with Crippen molar-refractivity contribution in [1.82, 2.24) is 5.32 Å². The van der Waals surface area contributed by atoms with Crippen molar-refractivity contribution in [3.8, 4) is 0 Å². The molecule has 3 nitrogen and oxygen atoms in total. The maximum atomic E-state index is 9.89. The zero-order chi connectivity index (χ0) is 10.2. The van der Waals surface area contributed by atoms with Crippen LogP contribution in [0.15, 0.2) is 0 Å². The van der Waals surface area contributed by atoms with E-state index < -0.39 is 0 Å². The quantitative estimate of drug-likeness (QED) is 0.634. The summed E-state index contributed by atoms with van der Waals surface area (Å²) in [5.74, 6) is 0.478. The van der Waals surface area contributed by atoms with Crippen LogP contribution in [0.25, 0.3) is 0 Å². The lowest BCUT2D eigenvalue weighted by Crippen LogP contribution is -2.36. The normalized spacial score (nSPS) is 24.9. The van der Waals surface area contributed by atoms with E-state index in [1.54, 1.807) is 7.11 Å². The molecule has 0 aliphatic carbocycles. The van der Waals surface area contributed by atoms with Gasteiger partial charge in [-0.2, -0.15) is 0 Å². The molecule has 0 aromatic carbocycles. The molecule has 3 heteroatoms. The van der Waals surface area contributed by atoms with Crippen molar-refractivity contribution in [2.75, 3.05) is 26.8 Å². The second kappa shape index (κ2) is 7.21. The van der Waals surface area contributed by atoms with Gasteiger partial charge in [-0.3, -0.25) is 0 Å². The fraction of sp³-hybridized carbons (Fsp3) is 1.00. The molecule has 0 radical (unpaired) electrons. The minimum absolute atomic E-state index is 0.111. The molecule has 0 bridgehead atoms. The van der Waals surface area contributed by atoms with Gasteiger partial charge in [0.15, 0.2) is 0 Å². The third-order valence-corrected chi connectivity index (χ3v) is 2.98. The summed E-state index contributed by atoms with van der Waals surface area (Å²) >= 11 is 0. The van der Waals surface area contributed by atoms with Gasteiger partial charge < -0.3 is 15.2 Å². The van der Waals surface area contributed by atoms with Gasteiger partial charge in [0.1, 0.15) is 0 Å². The molecule has 0 saturated carbocycles. The molecule has 1 aliphatic rings. The van der Waals surface area contributed by atoms with Crippen LogP contribution in [0.3, 0.4) is 0 Å². The van der Waals surface area contributed by atoms with Gasteiger partial charge in [0, 0.05) is 20.3 Å². The minimum Gasteiger partial charge on any atom is -0.393 e. The van der Waals surface area contributed by atoms with Gasteiger partial charge in [0.2, 0.25) is 0 Å². The van der Waals surface area contributed by atoms with Crippen molar-refractivity contribution in [3.05, 3.63) is 0 Å². The Bertz CT molecular complexity index is 135. The van der Waals surface area contributed by atoms with E-state index in [2.05, 4.69) is 5.32 Å². The molecule has 0 aromatic rings. The number of piperidine rings is 1. The highest BCUT2D eigenvalue weighted by atomic mass is 16.5. The van der Waals surface area contributed by atoms with Gasteiger partial charge >= 0.3 is 0 Å². The lowest BCUT2D eigenvalue weighted by molar-refractivity contribution is 0.0790. The van der Waals surface area contributed by atoms with Crippen LogP contribution in [0, 0.1) is 5.92 Å². The van der Waals surface area contributed by atoms with Crippen LogP contribution in [0.1, 0.15) is 32.1 Å². The summed E-state index contributed by atoms with van der Waals surface area (Å²) in [5.41, 5.74) is 0. The highest BCUT2D eigenvalue weighted by molar-refractivity contribution is 4.75. The zero-order valence-corrected chi connectivity index (χ0v) is 9.17. The Morgan fingerprint density at radius 3 is 3.00 bits per heavy atom. The summed E-state index contributed by atoms with van der Waals surface area (Å²) in [6, 6.07) is 0. The van der Waals surface area contributed by atoms with Crippen LogP contribution in [-0.4, -0.2) is 38.0 Å². The van der Waals surface area contributed by atoms with Crippen LogP contribution in [0.4, 0.5) is 0 Å². The van der Waals surface area contributed by atoms with Crippen molar-refractivity contribution in [3.63, 3.8) is 0 Å². The monoisotopic (exact) mass is 201 g/mol. The Hall–Kier alpha value is -0.120. The van der Waals surface area contributed by atoms with E-state index >= 15 is 0 Å². The first-order valence-electron chi connectivity index (χ1n) is 5.72. The van der Waals surface area contributed by atoms with E-state index in [1.165, 1.54) is 12.8 Å². The number of unbranched alkanes of at least 4 members (excludes halogenated alkanes) is 1. The van der Waals surface area contributed by atoms with E-state index in [9.17, 15) is 5.11 Å². The topological polar surface area (TPSA) is 41.5 Å². The molecule has 1 aliphatic heterocycles. The molecule has 2 unspecified atom stereocenters. The van der Waals surface area contributed by atoms with Gasteiger partial charge in [0.05, 0.1) is 6.10 Å². The highest BCUT2D eigenvalue weighted by Crippen LogP contribution is 2.18. The summed E-state index contributed by atoms with van der Waals surface area (Å²) in [4.78, 5) is 0. The van der Waals surface area contributed by atoms with Gasteiger partial charge in [-0.15, -0.1) is 0 Å². The SMILES string of the molecule is COCCCCC(O)C1CCCNC1. The smallest absolute Gasteiger partial charge is 0.0580 e. The molecule has 1 heterocycles. The summed E-state index contributed by atoms with van der Waals surface area (Å²) in [6.07, 6.45) is 5.34. The molecular formula is C11H23NO2. The molecule has 1 rings (SSSR count). The first-order chi connectivity index (χ1) is 6.84. The Morgan fingerprint density at radius 1 is 1.50 bits per heavy atom. The number of methoxy groups -OCH3 is 1. The number of ether oxygens (including phenoxy) is 1. The Balaban J connectivity index is 2.04. The molecular weight excluding hydrogens is 178 g/mol. The second-order valence-corrected chi connectivity index (χ2v) is 4.16. The van der Waals surface area contributed by atoms with Crippen molar-refractivity contribution < 1.29 is 9.84 Å². The Labute approximate surface area is 86.8 Å². The fourth-order valence-corrected chi connectivity index (χ4v) is 2.04. The Kier molecular flexibility index (Phi) is 6.15. The minimum atomic E-state index is -0.111. The van der Waals surface area contributed by atoms with E-state index in [0.29, 0.717) is 5.92 Å². The standard InChI is InChI=1S/C11H23NO2/c1-14-8-3-2-6-11(13)10-5-4-7-12-9-10/h10-13H,2-9H2,1H3. The molecule has 1 fully saturated rings. The average Bonchev–Trinajstić information content (AvgIpc) is 2.25. The number of rotatable bonds is 6. The Morgan fingerprint density at radius 2 is 2.36 bits per heavy atom. The lowest BCUT2D eigenvalue weighted by Gasteiger charge is -2.27. The van der Waals surface area contributed by atoms with Crippen LogP contribution in [0.5, 0.6) is 0 Å². The molecule has 0 amide bonds. The van der Waals surface area contributed by atoms with Crippen LogP contribution in [0.2, 0.25) is 0 Å². The lowest BCUT2D eigenvalue weighted by atomic mass is 9.91. The maximum absolute atomic E-state index is 9.89. The van der Waals surface area contributed by atoms with E-state index in [-0.39, 0.29) is 6.10 Å². The molecule has 2 N–H and O–H groups in total. The van der Waals surface area contributed by atoms with Gasteiger partial charge in [-0.05, 0) is 44.6 Å². The van der Waals surface area contributed by atoms with Gasteiger partial charge in [0.25, 0.3) is 0 Å². The van der Waals surface area contributed by atoms with E-state index in [1.807, 2.05) is 0 Å². The van der Waals surface area contributed by atoms with Crippen molar-refractivity contribution in [2.45, 2.75) is 38.2 Å². The third-order valence-electron chi connectivity index (χ3n) is 2.98. The van der Waals surface area contributed by atoms with Crippen LogP contribution < -0.4 is 5.32 Å². The number of aliphatic hydroxyl groups excluding tert-OH is 1. The van der Waals surface area contributed by atoms with Crippen LogP contribution >= 0.6 is 0 Å². The van der Waals surface area contributed by atoms with Crippen molar-refractivity contribution in [2.24, 2.45) is 5.92 Å². The predicted octanol–water partition coefficient (Wildman–Crippen LogP) is 1.16. The molecule has 0 spiro atoms. The number of hydrogen-bond donors (Lipinski definition) is 2. The van der Waals surface area contributed by atoms with Gasteiger partial charge in [-0.1, -0.05) is 0 Å². The maximum Gasteiger partial charge on any atom is 0.0580 e. The highest BCUT2D eigenvalue weighted by Gasteiger charge is 2.20. The number of nitrogens with one attached hydrogen (secondary N) is 1. The zero-order valence-electron chi connectivity index (χ0n) is 9.17. The second-order valence-electron chi connectivity index (χ2n) is 4.16. The first kappa shape index (κ1) is 12.0. The third kappa shape index (κ3) is 4.40. The van der Waals surface area contributed by atoms with E-state index in [4.69, 9.17) is 4.74 Å². The summed E-state index contributed by atoms with van der Waals surface area (Å²) in [5, 5.41) is 13.2. The van der Waals surface area contributed by atoms with E-state index in [0.717, 1.165) is 39.0 Å². The summed E-state index contributed by atoms with van der Waals surface area (Å²) in [7, 11) is 1.72. The molecule has 14 heavy (non-hydrogen) atoms. The molecule has 0 aromatic heterocycles. The summed E-state index contributed by atoms with van der Waals surface area (Å²) in [6.45, 7) is 2.92. The first-order valence-corrected chi connectivity index (χ1v) is 5.72. The van der Waals surface area contributed by atoms with Crippen LogP contribution in [-0.2, 0) is 4.74 Å². The largest absolute Gasteiger partial charge is 0.393 e. The number of hydrogen-bond acceptors (Lipinski definition) is 3. The molecule has 1 saturated heterocycles. The average molecular weight is 201 g/mol. The molecule has 84 valence electrons. The molecule has 2 atom stereocenters. The summed E-state index contributed by atoms with van der Waals surface area (Å²) < 4.78 is 4.98. The number of aliphatic hydroxyl groups is 1. The van der Waals surface area contributed by atoms with Crippen molar-refractivity contribution in [1.29, 1.82) is 0 Å².